The highest BCUT2D eigenvalue weighted by molar-refractivity contribution is 14.1. The van der Waals surface area contributed by atoms with E-state index < -0.39 is 23.4 Å². The van der Waals surface area contributed by atoms with E-state index in [4.69, 9.17) is 18.9 Å². The minimum absolute atomic E-state index is 0.275. The first-order valence-corrected chi connectivity index (χ1v) is 11.3. The van der Waals surface area contributed by atoms with Crippen molar-refractivity contribution < 1.29 is 28.5 Å². The number of amides is 2. The first-order chi connectivity index (χ1) is 14.2. The molecule has 0 spiro atoms. The van der Waals surface area contributed by atoms with E-state index in [1.54, 1.807) is 0 Å². The summed E-state index contributed by atoms with van der Waals surface area (Å²) in [5.74, 6) is 1.28. The summed E-state index contributed by atoms with van der Waals surface area (Å²) in [5.41, 5.74) is -1.10. The fraction of sp³-hybridized carbons (Fsp3) is 0.636. The fourth-order valence-electron chi connectivity index (χ4n) is 2.27. The van der Waals surface area contributed by atoms with Crippen LogP contribution in [0.25, 0.3) is 0 Å². The fourth-order valence-corrected chi connectivity index (χ4v) is 2.89. The van der Waals surface area contributed by atoms with Crippen LogP contribution in [0.4, 0.5) is 9.59 Å². The molecule has 0 heterocycles. The van der Waals surface area contributed by atoms with Crippen molar-refractivity contribution in [3.05, 3.63) is 21.8 Å². The van der Waals surface area contributed by atoms with E-state index in [0.717, 1.165) is 3.57 Å². The molecule has 0 bridgehead atoms. The summed E-state index contributed by atoms with van der Waals surface area (Å²) >= 11 is 2.15. The van der Waals surface area contributed by atoms with Crippen LogP contribution in [0.5, 0.6) is 11.5 Å². The number of alkyl carbamates (subject to hydrolysis) is 2. The topological polar surface area (TPSA) is 95.1 Å². The Labute approximate surface area is 198 Å². The molecule has 1 aromatic carbocycles. The lowest BCUT2D eigenvalue weighted by atomic mass is 10.2. The second-order valence-corrected chi connectivity index (χ2v) is 10.3. The number of benzene rings is 1. The molecule has 0 saturated heterocycles. The largest absolute Gasteiger partial charge is 0.488 e. The number of hydrogen-bond donors (Lipinski definition) is 2. The van der Waals surface area contributed by atoms with Crippen LogP contribution in [0, 0.1) is 3.57 Å². The summed E-state index contributed by atoms with van der Waals surface area (Å²) in [6.07, 6.45) is -1.52. The van der Waals surface area contributed by atoms with Crippen molar-refractivity contribution in [3.63, 3.8) is 0 Å². The van der Waals surface area contributed by atoms with Crippen molar-refractivity contribution in [2.75, 3.05) is 13.1 Å². The summed E-state index contributed by atoms with van der Waals surface area (Å²) in [6, 6.07) is 5.50. The van der Waals surface area contributed by atoms with Gasteiger partial charge in [0.1, 0.15) is 34.9 Å². The minimum atomic E-state index is -0.551. The molecule has 0 radical (unpaired) electrons. The number of nitrogens with one attached hydrogen (secondary N) is 2. The highest BCUT2D eigenvalue weighted by Crippen LogP contribution is 2.31. The van der Waals surface area contributed by atoms with Gasteiger partial charge in [-0.3, -0.25) is 0 Å². The van der Waals surface area contributed by atoms with E-state index >= 15 is 0 Å². The second kappa shape index (κ2) is 11.6. The van der Waals surface area contributed by atoms with Crippen LogP contribution in [0.1, 0.15) is 55.4 Å². The molecular weight excluding hydrogens is 515 g/mol. The van der Waals surface area contributed by atoms with Gasteiger partial charge in [-0.25, -0.2) is 9.59 Å². The van der Waals surface area contributed by atoms with E-state index in [2.05, 4.69) is 33.2 Å². The molecule has 0 aliphatic heterocycles. The quantitative estimate of drug-likeness (QED) is 0.449. The van der Waals surface area contributed by atoms with Crippen molar-refractivity contribution in [1.82, 2.24) is 10.6 Å². The normalized spacial score (nSPS) is 13.6. The van der Waals surface area contributed by atoms with Gasteiger partial charge in [-0.15, -0.1) is 0 Å². The Morgan fingerprint density at radius 1 is 0.839 bits per heavy atom. The third-order valence-electron chi connectivity index (χ3n) is 3.45. The molecule has 0 unspecified atom stereocenters. The molecule has 9 heteroatoms. The van der Waals surface area contributed by atoms with E-state index in [0.29, 0.717) is 24.6 Å². The molecule has 0 aliphatic carbocycles. The predicted molar refractivity (Wildman–Crippen MR) is 128 cm³/mol. The number of hydrogen-bond acceptors (Lipinski definition) is 6. The molecule has 2 N–H and O–H groups in total. The molecule has 1 rings (SSSR count). The van der Waals surface area contributed by atoms with E-state index in [1.165, 1.54) is 0 Å². The molecule has 2 atom stereocenters. The molecule has 0 saturated carbocycles. The summed E-state index contributed by atoms with van der Waals surface area (Å²) in [5, 5.41) is 5.39. The van der Waals surface area contributed by atoms with Crippen LogP contribution >= 0.6 is 22.6 Å². The van der Waals surface area contributed by atoms with Gasteiger partial charge in [-0.2, -0.15) is 0 Å². The van der Waals surface area contributed by atoms with Crippen molar-refractivity contribution in [1.29, 1.82) is 0 Å². The zero-order chi connectivity index (χ0) is 23.8. The maximum atomic E-state index is 11.8. The highest BCUT2D eigenvalue weighted by Gasteiger charge is 2.19. The SMILES string of the molecule is C[C@@H](CNC(=O)OC(C)(C)C)Oc1cccc(O[C@@H](C)CNC(=O)OC(C)(C)C)c1I. The molecule has 176 valence electrons. The lowest BCUT2D eigenvalue weighted by molar-refractivity contribution is 0.0496. The van der Waals surface area contributed by atoms with Gasteiger partial charge in [0, 0.05) is 0 Å². The van der Waals surface area contributed by atoms with Gasteiger partial charge in [-0.1, -0.05) is 6.07 Å². The van der Waals surface area contributed by atoms with Gasteiger partial charge in [0.15, 0.2) is 0 Å². The standard InChI is InChI=1S/C22H35IN2O6/c1-14(12-24-19(26)30-21(3,4)5)28-16-10-9-11-17(18(16)23)29-15(2)13-25-20(27)31-22(6,7)8/h9-11,14-15H,12-13H2,1-8H3,(H,24,26)(H,25,27)/t14-,15-/m0/s1. The zero-order valence-electron chi connectivity index (χ0n) is 19.6. The summed E-state index contributed by atoms with van der Waals surface area (Å²) < 4.78 is 23.2. The van der Waals surface area contributed by atoms with Gasteiger partial charge < -0.3 is 29.6 Å². The van der Waals surface area contributed by atoms with Crippen LogP contribution in [0.3, 0.4) is 0 Å². The second-order valence-electron chi connectivity index (χ2n) is 9.19. The highest BCUT2D eigenvalue weighted by atomic mass is 127. The van der Waals surface area contributed by atoms with Crippen molar-refractivity contribution in [2.24, 2.45) is 0 Å². The molecule has 2 amide bonds. The van der Waals surface area contributed by atoms with Crippen LogP contribution in [-0.2, 0) is 9.47 Å². The maximum absolute atomic E-state index is 11.8. The third kappa shape index (κ3) is 11.9. The van der Waals surface area contributed by atoms with Crippen molar-refractivity contribution >= 4 is 34.8 Å². The zero-order valence-corrected chi connectivity index (χ0v) is 21.8. The average Bonchev–Trinajstić information content (AvgIpc) is 2.59. The van der Waals surface area contributed by atoms with Crippen LogP contribution in [0.15, 0.2) is 18.2 Å². The smallest absolute Gasteiger partial charge is 0.407 e. The molecule has 8 nitrogen and oxygen atoms in total. The molecule has 0 aliphatic rings. The average molecular weight is 550 g/mol. The van der Waals surface area contributed by atoms with Gasteiger partial charge in [0.2, 0.25) is 0 Å². The molecule has 0 fully saturated rings. The lowest BCUT2D eigenvalue weighted by Gasteiger charge is -2.23. The Kier molecular flexibility index (Phi) is 10.2. The van der Waals surface area contributed by atoms with E-state index in [-0.39, 0.29) is 12.2 Å². The van der Waals surface area contributed by atoms with Crippen LogP contribution in [-0.4, -0.2) is 48.7 Å². The van der Waals surface area contributed by atoms with Gasteiger partial charge >= 0.3 is 12.2 Å². The van der Waals surface area contributed by atoms with Crippen LogP contribution in [0.2, 0.25) is 0 Å². The third-order valence-corrected chi connectivity index (χ3v) is 4.51. The Bertz CT molecular complexity index is 684. The van der Waals surface area contributed by atoms with Gasteiger partial charge in [0.25, 0.3) is 0 Å². The van der Waals surface area contributed by atoms with Crippen molar-refractivity contribution in [2.45, 2.75) is 78.8 Å². The molecular formula is C22H35IN2O6. The van der Waals surface area contributed by atoms with E-state index in [9.17, 15) is 9.59 Å². The van der Waals surface area contributed by atoms with Gasteiger partial charge in [-0.05, 0) is 90.1 Å². The Morgan fingerprint density at radius 2 is 1.19 bits per heavy atom. The summed E-state index contributed by atoms with van der Waals surface area (Å²) in [6.45, 7) is 15.2. The molecule has 1 aromatic rings. The molecule has 0 aromatic heterocycles. The van der Waals surface area contributed by atoms with Gasteiger partial charge in [0.05, 0.1) is 16.7 Å². The number of carbonyl (C=O) groups excluding carboxylic acids is 2. The first-order valence-electron chi connectivity index (χ1n) is 10.2. The maximum Gasteiger partial charge on any atom is 0.407 e. The summed E-state index contributed by atoms with van der Waals surface area (Å²) in [4.78, 5) is 23.6. The molecule has 31 heavy (non-hydrogen) atoms. The predicted octanol–water partition coefficient (Wildman–Crippen LogP) is 4.88. The van der Waals surface area contributed by atoms with Crippen molar-refractivity contribution in [3.8, 4) is 11.5 Å². The lowest BCUT2D eigenvalue weighted by Crippen LogP contribution is -2.38. The number of carbonyl (C=O) groups is 2. The van der Waals surface area contributed by atoms with E-state index in [1.807, 2.05) is 73.6 Å². The van der Waals surface area contributed by atoms with Crippen LogP contribution < -0.4 is 20.1 Å². The first kappa shape index (κ1) is 27.1. The Morgan fingerprint density at radius 3 is 1.52 bits per heavy atom. The Hall–Kier alpha value is -1.91. The number of rotatable bonds is 8. The Balaban J connectivity index is 2.58. The minimum Gasteiger partial charge on any atom is -0.488 e. The number of ether oxygens (including phenoxy) is 4. The number of halogens is 1. The summed E-state index contributed by atoms with van der Waals surface area (Å²) in [7, 11) is 0. The monoisotopic (exact) mass is 550 g/mol.